The van der Waals surface area contributed by atoms with Crippen molar-refractivity contribution in [2.75, 3.05) is 11.9 Å². The summed E-state index contributed by atoms with van der Waals surface area (Å²) in [6.45, 7) is 1.86. The number of rotatable bonds is 6. The van der Waals surface area contributed by atoms with Crippen molar-refractivity contribution < 1.29 is 32.4 Å². The molecule has 7 nitrogen and oxygen atoms in total. The number of nitro benzene ring substituents is 1. The van der Waals surface area contributed by atoms with E-state index in [4.69, 9.17) is 4.74 Å². The minimum Gasteiger partial charge on any atom is -0.487 e. The minimum absolute atomic E-state index is 0.00891. The van der Waals surface area contributed by atoms with Crippen LogP contribution in [0.3, 0.4) is 0 Å². The van der Waals surface area contributed by atoms with Crippen LogP contribution in [0.1, 0.15) is 17.3 Å². The first-order valence-electron chi connectivity index (χ1n) is 7.28. The maximum atomic E-state index is 12.2. The normalized spacial score (nSPS) is 10.9. The van der Waals surface area contributed by atoms with Crippen LogP contribution in [0.4, 0.5) is 24.5 Å². The second-order valence-electron chi connectivity index (χ2n) is 4.90. The molecule has 1 amide bonds. The molecular formula is C16H13F3N2O5. The Balaban J connectivity index is 2.21. The van der Waals surface area contributed by atoms with Crippen LogP contribution in [-0.4, -0.2) is 23.8 Å². The third-order valence-electron chi connectivity index (χ3n) is 3.04. The zero-order valence-electron chi connectivity index (χ0n) is 13.4. The number of alkyl halides is 3. The molecule has 0 radical (unpaired) electrons. The van der Waals surface area contributed by atoms with Crippen molar-refractivity contribution in [2.45, 2.75) is 13.3 Å². The summed E-state index contributed by atoms with van der Waals surface area (Å²) in [6.07, 6.45) is -4.86. The third-order valence-corrected chi connectivity index (χ3v) is 3.04. The van der Waals surface area contributed by atoms with Gasteiger partial charge in [-0.05, 0) is 31.2 Å². The molecule has 0 aromatic heterocycles. The maximum absolute atomic E-state index is 12.2. The van der Waals surface area contributed by atoms with Gasteiger partial charge in [-0.1, -0.05) is 6.07 Å². The number of anilines is 1. The highest BCUT2D eigenvalue weighted by Gasteiger charge is 2.31. The van der Waals surface area contributed by atoms with Crippen molar-refractivity contribution in [3.63, 3.8) is 0 Å². The predicted molar refractivity (Wildman–Crippen MR) is 85.3 cm³/mol. The van der Waals surface area contributed by atoms with E-state index in [1.807, 2.05) is 0 Å². The van der Waals surface area contributed by atoms with Crippen LogP contribution in [0.25, 0.3) is 0 Å². The van der Waals surface area contributed by atoms with Crippen molar-refractivity contribution in [1.82, 2.24) is 0 Å². The van der Waals surface area contributed by atoms with E-state index in [-0.39, 0.29) is 23.6 Å². The zero-order valence-corrected chi connectivity index (χ0v) is 13.4. The summed E-state index contributed by atoms with van der Waals surface area (Å²) in [7, 11) is 0. The van der Waals surface area contributed by atoms with Crippen LogP contribution < -0.4 is 14.8 Å². The molecule has 0 unspecified atom stereocenters. The van der Waals surface area contributed by atoms with E-state index in [2.05, 4.69) is 10.1 Å². The molecule has 0 atom stereocenters. The Hall–Kier alpha value is -3.30. The molecule has 0 heterocycles. The average molecular weight is 370 g/mol. The SMILES string of the molecule is CCOc1ccc(C(=O)Nc2cccc(OC(F)(F)F)c2)cc1[N+](=O)[O-]. The number of amides is 1. The van der Waals surface area contributed by atoms with E-state index in [9.17, 15) is 28.1 Å². The number of benzene rings is 2. The number of nitro groups is 1. The Bertz CT molecular complexity index is 824. The molecule has 0 spiro atoms. The van der Waals surface area contributed by atoms with Crippen LogP contribution in [-0.2, 0) is 0 Å². The van der Waals surface area contributed by atoms with Crippen LogP contribution in [0.2, 0.25) is 0 Å². The summed E-state index contributed by atoms with van der Waals surface area (Å²) in [5.74, 6) is -1.23. The summed E-state index contributed by atoms with van der Waals surface area (Å²) >= 11 is 0. The number of carbonyl (C=O) groups excluding carboxylic acids is 1. The monoisotopic (exact) mass is 370 g/mol. The van der Waals surface area contributed by atoms with Gasteiger partial charge in [0, 0.05) is 23.4 Å². The molecule has 0 aliphatic rings. The molecule has 1 N–H and O–H groups in total. The standard InChI is InChI=1S/C16H13F3N2O5/c1-2-25-14-7-6-10(8-13(14)21(23)24)15(22)20-11-4-3-5-12(9-11)26-16(17,18)19/h3-9H,2H2,1H3,(H,20,22). The van der Waals surface area contributed by atoms with Gasteiger partial charge in [0.15, 0.2) is 5.75 Å². The second-order valence-corrected chi connectivity index (χ2v) is 4.90. The molecule has 10 heteroatoms. The van der Waals surface area contributed by atoms with Crippen molar-refractivity contribution in [3.05, 3.63) is 58.1 Å². The molecule has 2 rings (SSSR count). The van der Waals surface area contributed by atoms with Crippen molar-refractivity contribution in [2.24, 2.45) is 0 Å². The predicted octanol–water partition coefficient (Wildman–Crippen LogP) is 4.14. The lowest BCUT2D eigenvalue weighted by Gasteiger charge is -2.11. The van der Waals surface area contributed by atoms with Crippen molar-refractivity contribution in [1.29, 1.82) is 0 Å². The van der Waals surface area contributed by atoms with Gasteiger partial charge in [-0.25, -0.2) is 0 Å². The van der Waals surface area contributed by atoms with Crippen LogP contribution in [0.15, 0.2) is 42.5 Å². The Morgan fingerprint density at radius 2 is 1.96 bits per heavy atom. The highest BCUT2D eigenvalue weighted by Crippen LogP contribution is 2.29. The first-order valence-corrected chi connectivity index (χ1v) is 7.28. The molecule has 138 valence electrons. The maximum Gasteiger partial charge on any atom is 0.573 e. The summed E-state index contributed by atoms with van der Waals surface area (Å²) in [4.78, 5) is 22.6. The molecule has 0 saturated heterocycles. The highest BCUT2D eigenvalue weighted by atomic mass is 19.4. The molecule has 2 aromatic rings. The molecule has 0 aliphatic carbocycles. The topological polar surface area (TPSA) is 90.7 Å². The Morgan fingerprint density at radius 3 is 2.58 bits per heavy atom. The van der Waals surface area contributed by atoms with Gasteiger partial charge < -0.3 is 14.8 Å². The van der Waals surface area contributed by atoms with E-state index in [1.54, 1.807) is 6.92 Å². The van der Waals surface area contributed by atoms with Crippen LogP contribution in [0, 0.1) is 10.1 Å². The summed E-state index contributed by atoms with van der Waals surface area (Å²) in [6, 6.07) is 8.28. The first-order chi connectivity index (χ1) is 12.2. The fourth-order valence-corrected chi connectivity index (χ4v) is 2.05. The van der Waals surface area contributed by atoms with Crippen LogP contribution >= 0.6 is 0 Å². The first kappa shape index (κ1) is 19.0. The molecule has 0 saturated carbocycles. The fourth-order valence-electron chi connectivity index (χ4n) is 2.05. The minimum atomic E-state index is -4.86. The van der Waals surface area contributed by atoms with Gasteiger partial charge in [0.25, 0.3) is 5.91 Å². The van der Waals surface area contributed by atoms with Crippen LogP contribution in [0.5, 0.6) is 11.5 Å². The number of hydrogen-bond acceptors (Lipinski definition) is 5. The third kappa shape index (κ3) is 5.10. The van der Waals surface area contributed by atoms with Crippen molar-refractivity contribution in [3.8, 4) is 11.5 Å². The van der Waals surface area contributed by atoms with E-state index in [0.29, 0.717) is 0 Å². The lowest BCUT2D eigenvalue weighted by Crippen LogP contribution is -2.17. The largest absolute Gasteiger partial charge is 0.573 e. The number of hydrogen-bond donors (Lipinski definition) is 1. The van der Waals surface area contributed by atoms with E-state index in [1.165, 1.54) is 24.3 Å². The summed E-state index contributed by atoms with van der Waals surface area (Å²) < 4.78 is 45.6. The number of halogens is 3. The van der Waals surface area contributed by atoms with Gasteiger partial charge in [0.2, 0.25) is 0 Å². The highest BCUT2D eigenvalue weighted by molar-refractivity contribution is 6.04. The van der Waals surface area contributed by atoms with E-state index in [0.717, 1.165) is 18.2 Å². The lowest BCUT2D eigenvalue weighted by molar-refractivity contribution is -0.385. The molecule has 2 aromatic carbocycles. The van der Waals surface area contributed by atoms with Gasteiger partial charge in [-0.2, -0.15) is 0 Å². The van der Waals surface area contributed by atoms with E-state index >= 15 is 0 Å². The van der Waals surface area contributed by atoms with Gasteiger partial charge in [0.1, 0.15) is 5.75 Å². The van der Waals surface area contributed by atoms with Gasteiger partial charge in [-0.15, -0.1) is 13.2 Å². The molecule has 26 heavy (non-hydrogen) atoms. The number of nitrogens with one attached hydrogen (secondary N) is 1. The fraction of sp³-hybridized carbons (Fsp3) is 0.188. The van der Waals surface area contributed by atoms with Gasteiger partial charge in [0.05, 0.1) is 11.5 Å². The molecule has 0 fully saturated rings. The molecular weight excluding hydrogens is 357 g/mol. The summed E-state index contributed by atoms with van der Waals surface area (Å²) in [5.41, 5.74) is -0.413. The average Bonchev–Trinajstić information content (AvgIpc) is 2.54. The molecule has 0 bridgehead atoms. The Labute approximate surface area is 145 Å². The van der Waals surface area contributed by atoms with E-state index < -0.39 is 28.6 Å². The molecule has 0 aliphatic heterocycles. The Morgan fingerprint density at radius 1 is 1.23 bits per heavy atom. The lowest BCUT2D eigenvalue weighted by atomic mass is 10.1. The second kappa shape index (κ2) is 7.72. The quantitative estimate of drug-likeness (QED) is 0.609. The number of nitrogens with zero attached hydrogens (tertiary/aromatic N) is 1. The zero-order chi connectivity index (χ0) is 19.3. The number of carbonyl (C=O) groups is 1. The van der Waals surface area contributed by atoms with Gasteiger partial charge in [-0.3, -0.25) is 14.9 Å². The summed E-state index contributed by atoms with van der Waals surface area (Å²) in [5, 5.41) is 13.4. The number of ether oxygens (including phenoxy) is 2. The van der Waals surface area contributed by atoms with Crippen molar-refractivity contribution >= 4 is 17.3 Å². The Kier molecular flexibility index (Phi) is 5.65. The smallest absolute Gasteiger partial charge is 0.487 e. The van der Waals surface area contributed by atoms with Gasteiger partial charge >= 0.3 is 12.0 Å².